The summed E-state index contributed by atoms with van der Waals surface area (Å²) in [6, 6.07) is 8.08. The molecule has 1 amide bonds. The van der Waals surface area contributed by atoms with Crippen molar-refractivity contribution < 1.29 is 9.59 Å². The fourth-order valence-electron chi connectivity index (χ4n) is 5.11. The molecular formula is C24H29BrN2O2. The highest BCUT2D eigenvalue weighted by atomic mass is 79.9. The van der Waals surface area contributed by atoms with E-state index in [9.17, 15) is 9.59 Å². The number of likely N-dealkylation sites (tertiary alicyclic amines) is 1. The largest absolute Gasteiger partial charge is 0.342 e. The van der Waals surface area contributed by atoms with Crippen molar-refractivity contribution in [1.82, 2.24) is 4.90 Å². The van der Waals surface area contributed by atoms with Gasteiger partial charge in [-0.15, -0.1) is 0 Å². The highest BCUT2D eigenvalue weighted by molar-refractivity contribution is 9.10. The Morgan fingerprint density at radius 2 is 1.76 bits per heavy atom. The fourth-order valence-corrected chi connectivity index (χ4v) is 5.37. The van der Waals surface area contributed by atoms with E-state index in [4.69, 9.17) is 4.99 Å². The molecule has 4 nitrogen and oxygen atoms in total. The third kappa shape index (κ3) is 3.98. The Balaban J connectivity index is 1.81. The molecule has 5 heteroatoms. The summed E-state index contributed by atoms with van der Waals surface area (Å²) < 4.78 is 0.992. The van der Waals surface area contributed by atoms with Gasteiger partial charge in [0.05, 0.1) is 5.92 Å². The number of rotatable bonds is 2. The maximum atomic E-state index is 13.6. The quantitative estimate of drug-likeness (QED) is 0.607. The summed E-state index contributed by atoms with van der Waals surface area (Å²) in [4.78, 5) is 33.8. The average molecular weight is 457 g/mol. The van der Waals surface area contributed by atoms with Crippen LogP contribution in [0.15, 0.2) is 45.0 Å². The molecule has 0 saturated carbocycles. The first-order valence-electron chi connectivity index (χ1n) is 10.6. The van der Waals surface area contributed by atoms with Crippen LogP contribution in [0.4, 0.5) is 0 Å². The maximum Gasteiger partial charge on any atom is 0.232 e. The Kier molecular flexibility index (Phi) is 5.54. The van der Waals surface area contributed by atoms with Crippen molar-refractivity contribution in [1.29, 1.82) is 0 Å². The molecule has 2 atom stereocenters. The normalized spacial score (nSPS) is 26.8. The molecule has 2 heterocycles. The summed E-state index contributed by atoms with van der Waals surface area (Å²) in [5, 5.41) is 0. The van der Waals surface area contributed by atoms with Gasteiger partial charge in [-0.1, -0.05) is 41.9 Å². The maximum absolute atomic E-state index is 13.6. The summed E-state index contributed by atoms with van der Waals surface area (Å²) in [7, 11) is 0. The standard InChI is InChI=1S/C24H29BrN2O2/c1-15-20(23(29)27-11-5-4-6-12-27)21(16-7-9-17(25)10-8-16)22-18(26-15)13-24(2,3)14-19(22)28/h7-10,20-21H,4-6,11-14H2,1-3H3/t20?,21-/m1/s1. The van der Waals surface area contributed by atoms with Crippen molar-refractivity contribution >= 4 is 33.3 Å². The second-order valence-corrected chi connectivity index (χ2v) is 10.4. The van der Waals surface area contributed by atoms with Crippen molar-refractivity contribution in [3.63, 3.8) is 0 Å². The molecule has 1 fully saturated rings. The number of benzene rings is 1. The van der Waals surface area contributed by atoms with Crippen molar-refractivity contribution in [2.24, 2.45) is 16.3 Å². The van der Waals surface area contributed by atoms with Crippen LogP contribution in [0.25, 0.3) is 0 Å². The molecule has 1 saturated heterocycles. The first-order valence-corrected chi connectivity index (χ1v) is 11.4. The number of hydrogen-bond acceptors (Lipinski definition) is 3. The lowest BCUT2D eigenvalue weighted by Crippen LogP contribution is -2.46. The summed E-state index contributed by atoms with van der Waals surface area (Å²) in [6.07, 6.45) is 4.58. The molecule has 1 aliphatic carbocycles. The van der Waals surface area contributed by atoms with Gasteiger partial charge in [0.1, 0.15) is 0 Å². The van der Waals surface area contributed by atoms with Crippen LogP contribution in [-0.4, -0.2) is 35.4 Å². The van der Waals surface area contributed by atoms with E-state index in [0.29, 0.717) is 6.42 Å². The minimum atomic E-state index is -0.391. The zero-order valence-corrected chi connectivity index (χ0v) is 19.1. The van der Waals surface area contributed by atoms with Crippen LogP contribution in [0, 0.1) is 11.3 Å². The molecule has 0 bridgehead atoms. The Morgan fingerprint density at radius 1 is 1.10 bits per heavy atom. The van der Waals surface area contributed by atoms with Crippen molar-refractivity contribution in [2.75, 3.05) is 13.1 Å². The van der Waals surface area contributed by atoms with Crippen LogP contribution in [-0.2, 0) is 9.59 Å². The average Bonchev–Trinajstić information content (AvgIpc) is 2.67. The molecule has 0 spiro atoms. The number of nitrogens with zero attached hydrogens (tertiary/aromatic N) is 2. The van der Waals surface area contributed by atoms with E-state index in [-0.39, 0.29) is 23.0 Å². The Labute approximate surface area is 181 Å². The van der Waals surface area contributed by atoms with E-state index in [1.54, 1.807) is 0 Å². The number of hydrogen-bond donors (Lipinski definition) is 0. The number of ketones is 1. The molecular weight excluding hydrogens is 428 g/mol. The van der Waals surface area contributed by atoms with Crippen molar-refractivity contribution in [2.45, 2.75) is 58.8 Å². The van der Waals surface area contributed by atoms with E-state index in [2.05, 4.69) is 29.8 Å². The zero-order valence-electron chi connectivity index (χ0n) is 17.5. The number of halogens is 1. The Morgan fingerprint density at radius 3 is 2.41 bits per heavy atom. The van der Waals surface area contributed by atoms with Gasteiger partial charge in [0.25, 0.3) is 0 Å². The SMILES string of the molecule is CC1=NC2=C(C(=O)CC(C)(C)C2)[C@H](c2ccc(Br)cc2)C1C(=O)N1CCCCC1. The predicted molar refractivity (Wildman–Crippen MR) is 119 cm³/mol. The Hall–Kier alpha value is -1.75. The minimum Gasteiger partial charge on any atom is -0.342 e. The molecule has 154 valence electrons. The second kappa shape index (κ2) is 7.82. The lowest BCUT2D eigenvalue weighted by Gasteiger charge is -2.41. The lowest BCUT2D eigenvalue weighted by atomic mass is 9.66. The van der Waals surface area contributed by atoms with Crippen molar-refractivity contribution in [3.05, 3.63) is 45.6 Å². The van der Waals surface area contributed by atoms with Gasteiger partial charge < -0.3 is 4.90 Å². The van der Waals surface area contributed by atoms with E-state index < -0.39 is 5.92 Å². The number of carbonyl (C=O) groups is 2. The molecule has 29 heavy (non-hydrogen) atoms. The van der Waals surface area contributed by atoms with Gasteiger partial charge in [0.2, 0.25) is 5.91 Å². The Bertz CT molecular complexity index is 892. The summed E-state index contributed by atoms with van der Waals surface area (Å²) >= 11 is 3.51. The molecule has 1 aromatic carbocycles. The molecule has 0 radical (unpaired) electrons. The molecule has 2 aliphatic heterocycles. The van der Waals surface area contributed by atoms with Gasteiger partial charge in [-0.05, 0) is 55.7 Å². The summed E-state index contributed by atoms with van der Waals surface area (Å²) in [5.41, 5.74) is 3.44. The highest BCUT2D eigenvalue weighted by Crippen LogP contribution is 2.48. The van der Waals surface area contributed by atoms with Gasteiger partial charge in [0.15, 0.2) is 5.78 Å². The fraction of sp³-hybridized carbons (Fsp3) is 0.542. The first kappa shape index (κ1) is 20.5. The molecule has 3 aliphatic rings. The van der Waals surface area contributed by atoms with Gasteiger partial charge in [-0.3, -0.25) is 14.6 Å². The van der Waals surface area contributed by atoms with Crippen LogP contribution in [0.3, 0.4) is 0 Å². The summed E-state index contributed by atoms with van der Waals surface area (Å²) in [5.74, 6) is -0.355. The van der Waals surface area contributed by atoms with Crippen LogP contribution in [0.5, 0.6) is 0 Å². The lowest BCUT2D eigenvalue weighted by molar-refractivity contribution is -0.134. The monoisotopic (exact) mass is 456 g/mol. The molecule has 1 aromatic rings. The topological polar surface area (TPSA) is 49.7 Å². The highest BCUT2D eigenvalue weighted by Gasteiger charge is 2.46. The number of amides is 1. The third-order valence-electron chi connectivity index (χ3n) is 6.47. The number of aliphatic imine (C=N–C) groups is 1. The molecule has 0 N–H and O–H groups in total. The number of Topliss-reactive ketones (excluding diaryl/α,β-unsaturated/α-hetero) is 1. The zero-order chi connectivity index (χ0) is 20.8. The minimum absolute atomic E-state index is 0.0896. The number of allylic oxidation sites excluding steroid dienone is 2. The van der Waals surface area contributed by atoms with E-state index in [1.165, 1.54) is 6.42 Å². The molecule has 1 unspecified atom stereocenters. The molecule has 0 aromatic heterocycles. The number of carbonyl (C=O) groups excluding carboxylic acids is 2. The third-order valence-corrected chi connectivity index (χ3v) is 6.99. The first-order chi connectivity index (χ1) is 13.8. The number of piperidine rings is 1. The van der Waals surface area contributed by atoms with Crippen LogP contribution < -0.4 is 0 Å². The van der Waals surface area contributed by atoms with E-state index >= 15 is 0 Å². The molecule has 4 rings (SSSR count). The smallest absolute Gasteiger partial charge is 0.232 e. The van der Waals surface area contributed by atoms with E-state index in [0.717, 1.165) is 59.4 Å². The predicted octanol–water partition coefficient (Wildman–Crippen LogP) is 5.28. The van der Waals surface area contributed by atoms with Crippen molar-refractivity contribution in [3.8, 4) is 0 Å². The van der Waals surface area contributed by atoms with Crippen LogP contribution in [0.2, 0.25) is 0 Å². The van der Waals surface area contributed by atoms with Gasteiger partial charge in [-0.25, -0.2) is 0 Å². The summed E-state index contributed by atoms with van der Waals surface area (Å²) in [6.45, 7) is 7.83. The van der Waals surface area contributed by atoms with Crippen LogP contribution >= 0.6 is 15.9 Å². The second-order valence-electron chi connectivity index (χ2n) is 9.45. The van der Waals surface area contributed by atoms with Gasteiger partial charge >= 0.3 is 0 Å². The van der Waals surface area contributed by atoms with Crippen LogP contribution in [0.1, 0.15) is 64.4 Å². The van der Waals surface area contributed by atoms with E-state index in [1.807, 2.05) is 36.1 Å². The van der Waals surface area contributed by atoms with Gasteiger partial charge in [0, 0.05) is 46.9 Å². The van der Waals surface area contributed by atoms with Gasteiger partial charge in [-0.2, -0.15) is 0 Å².